The number of nitrogens with zero attached hydrogens (tertiary/aromatic N) is 6. The molecule has 0 bridgehead atoms. The van der Waals surface area contributed by atoms with Gasteiger partial charge < -0.3 is 4.90 Å². The van der Waals surface area contributed by atoms with Gasteiger partial charge in [-0.1, -0.05) is 31.2 Å². The van der Waals surface area contributed by atoms with Crippen LogP contribution in [0.2, 0.25) is 0 Å². The molecule has 0 aliphatic carbocycles. The predicted octanol–water partition coefficient (Wildman–Crippen LogP) is 3.50. The van der Waals surface area contributed by atoms with E-state index in [0.29, 0.717) is 12.1 Å². The van der Waals surface area contributed by atoms with Gasteiger partial charge >= 0.3 is 0 Å². The standard InChI is InChI=1S/C23H24N6O/c1-2-20-19(15-24-29(20)18-10-4-3-5-11-18)23(30)27-13-8-9-17(16-27)22-26-25-21-12-6-7-14-28(21)22/h3-7,10-12,14-15,17H,2,8-9,13,16H2,1H3/t17-/m0/s1. The first kappa shape index (κ1) is 18.5. The van der Waals surface area contributed by atoms with Gasteiger partial charge in [0, 0.05) is 25.2 Å². The number of hydrogen-bond acceptors (Lipinski definition) is 4. The van der Waals surface area contributed by atoms with Crippen LogP contribution in [0.3, 0.4) is 0 Å². The summed E-state index contributed by atoms with van der Waals surface area (Å²) in [5, 5.41) is 13.2. The number of benzene rings is 1. The minimum absolute atomic E-state index is 0.0487. The number of amides is 1. The summed E-state index contributed by atoms with van der Waals surface area (Å²) in [7, 11) is 0. The molecule has 1 fully saturated rings. The van der Waals surface area contributed by atoms with Crippen LogP contribution in [0.25, 0.3) is 11.3 Å². The first-order valence-electron chi connectivity index (χ1n) is 10.5. The smallest absolute Gasteiger partial charge is 0.257 e. The molecule has 0 unspecified atom stereocenters. The highest BCUT2D eigenvalue weighted by Gasteiger charge is 2.30. The molecule has 1 amide bonds. The van der Waals surface area contributed by atoms with E-state index in [1.54, 1.807) is 6.20 Å². The van der Waals surface area contributed by atoms with Crippen LogP contribution >= 0.6 is 0 Å². The largest absolute Gasteiger partial charge is 0.338 e. The number of hydrogen-bond donors (Lipinski definition) is 0. The first-order valence-corrected chi connectivity index (χ1v) is 10.5. The highest BCUT2D eigenvalue weighted by molar-refractivity contribution is 5.95. The van der Waals surface area contributed by atoms with E-state index in [1.165, 1.54) is 0 Å². The normalized spacial score (nSPS) is 16.8. The number of carbonyl (C=O) groups is 1. The molecule has 1 atom stereocenters. The zero-order valence-corrected chi connectivity index (χ0v) is 17.0. The maximum atomic E-state index is 13.4. The average molecular weight is 400 g/mol. The van der Waals surface area contributed by atoms with E-state index >= 15 is 0 Å². The van der Waals surface area contributed by atoms with Gasteiger partial charge in [0.05, 0.1) is 23.1 Å². The molecular weight excluding hydrogens is 376 g/mol. The second-order valence-corrected chi connectivity index (χ2v) is 7.68. The molecule has 5 rings (SSSR count). The van der Waals surface area contributed by atoms with Crippen molar-refractivity contribution in [2.24, 2.45) is 0 Å². The average Bonchev–Trinajstić information content (AvgIpc) is 3.43. The number of fused-ring (bicyclic) bond motifs is 1. The molecule has 1 aliphatic rings. The van der Waals surface area contributed by atoms with Crippen molar-refractivity contribution in [2.75, 3.05) is 13.1 Å². The third-order valence-electron chi connectivity index (χ3n) is 5.85. The molecular formula is C23H24N6O. The number of pyridine rings is 1. The fourth-order valence-corrected chi connectivity index (χ4v) is 4.37. The van der Waals surface area contributed by atoms with Gasteiger partial charge in [-0.05, 0) is 43.5 Å². The summed E-state index contributed by atoms with van der Waals surface area (Å²) in [6.07, 6.45) is 6.40. The van der Waals surface area contributed by atoms with Gasteiger partial charge in [0.2, 0.25) is 0 Å². The summed E-state index contributed by atoms with van der Waals surface area (Å²) >= 11 is 0. The number of rotatable bonds is 4. The molecule has 30 heavy (non-hydrogen) atoms. The Balaban J connectivity index is 1.42. The summed E-state index contributed by atoms with van der Waals surface area (Å²) in [4.78, 5) is 15.4. The van der Waals surface area contributed by atoms with Crippen molar-refractivity contribution >= 4 is 11.6 Å². The van der Waals surface area contributed by atoms with Gasteiger partial charge in [0.15, 0.2) is 5.65 Å². The molecule has 152 valence electrons. The minimum Gasteiger partial charge on any atom is -0.338 e. The molecule has 4 aromatic rings. The third kappa shape index (κ3) is 3.16. The second-order valence-electron chi connectivity index (χ2n) is 7.68. The zero-order valence-electron chi connectivity index (χ0n) is 17.0. The summed E-state index contributed by atoms with van der Waals surface area (Å²) in [5.41, 5.74) is 3.45. The summed E-state index contributed by atoms with van der Waals surface area (Å²) in [6.45, 7) is 3.47. The second kappa shape index (κ2) is 7.74. The molecule has 7 heteroatoms. The van der Waals surface area contributed by atoms with Gasteiger partial charge in [-0.2, -0.15) is 5.10 Å². The number of para-hydroxylation sites is 1. The Morgan fingerprint density at radius 2 is 1.93 bits per heavy atom. The van der Waals surface area contributed by atoms with Gasteiger partial charge in [-0.25, -0.2) is 4.68 Å². The van der Waals surface area contributed by atoms with E-state index in [-0.39, 0.29) is 11.8 Å². The van der Waals surface area contributed by atoms with Crippen molar-refractivity contribution in [2.45, 2.75) is 32.1 Å². The Kier molecular flexibility index (Phi) is 4.78. The lowest BCUT2D eigenvalue weighted by molar-refractivity contribution is 0.0703. The van der Waals surface area contributed by atoms with E-state index < -0.39 is 0 Å². The highest BCUT2D eigenvalue weighted by atomic mass is 16.2. The number of likely N-dealkylation sites (tertiary alicyclic amines) is 1. The Hall–Kier alpha value is -3.48. The number of carbonyl (C=O) groups excluding carboxylic acids is 1. The lowest BCUT2D eigenvalue weighted by Crippen LogP contribution is -2.39. The summed E-state index contributed by atoms with van der Waals surface area (Å²) in [5.74, 6) is 1.15. The fourth-order valence-electron chi connectivity index (χ4n) is 4.37. The lowest BCUT2D eigenvalue weighted by atomic mass is 9.96. The maximum Gasteiger partial charge on any atom is 0.257 e. The van der Waals surface area contributed by atoms with Crippen LogP contribution in [-0.2, 0) is 6.42 Å². The molecule has 7 nitrogen and oxygen atoms in total. The minimum atomic E-state index is 0.0487. The van der Waals surface area contributed by atoms with Crippen LogP contribution < -0.4 is 0 Å². The van der Waals surface area contributed by atoms with Crippen LogP contribution in [-0.4, -0.2) is 48.3 Å². The van der Waals surface area contributed by atoms with E-state index in [4.69, 9.17) is 0 Å². The van der Waals surface area contributed by atoms with Gasteiger partial charge in [-0.3, -0.25) is 9.20 Å². The van der Waals surface area contributed by atoms with Gasteiger partial charge in [-0.15, -0.1) is 10.2 Å². The predicted molar refractivity (Wildman–Crippen MR) is 114 cm³/mol. The number of aromatic nitrogens is 5. The van der Waals surface area contributed by atoms with Gasteiger partial charge in [0.25, 0.3) is 5.91 Å². The van der Waals surface area contributed by atoms with Crippen molar-refractivity contribution in [1.29, 1.82) is 0 Å². The molecule has 0 spiro atoms. The zero-order chi connectivity index (χ0) is 20.5. The van der Waals surface area contributed by atoms with E-state index in [1.807, 2.05) is 68.7 Å². The van der Waals surface area contributed by atoms with Crippen molar-refractivity contribution in [3.05, 3.63) is 78.0 Å². The van der Waals surface area contributed by atoms with Crippen molar-refractivity contribution < 1.29 is 4.79 Å². The SMILES string of the molecule is CCc1c(C(=O)N2CCC[C@H](c3nnc4ccccn34)C2)cnn1-c1ccccc1. The van der Waals surface area contributed by atoms with Crippen LogP contribution in [0.1, 0.15) is 47.6 Å². The third-order valence-corrected chi connectivity index (χ3v) is 5.85. The maximum absolute atomic E-state index is 13.4. The molecule has 1 aliphatic heterocycles. The molecule has 1 saturated heterocycles. The van der Waals surface area contributed by atoms with Crippen LogP contribution in [0.15, 0.2) is 60.9 Å². The molecule has 3 aromatic heterocycles. The Morgan fingerprint density at radius 3 is 2.77 bits per heavy atom. The van der Waals surface area contributed by atoms with E-state index in [0.717, 1.165) is 48.7 Å². The molecule has 0 radical (unpaired) electrons. The topological polar surface area (TPSA) is 68.3 Å². The Labute approximate surface area is 175 Å². The van der Waals surface area contributed by atoms with E-state index in [2.05, 4.69) is 22.2 Å². The van der Waals surface area contributed by atoms with E-state index in [9.17, 15) is 4.79 Å². The van der Waals surface area contributed by atoms with Gasteiger partial charge in [0.1, 0.15) is 5.82 Å². The molecule has 1 aromatic carbocycles. The quantitative estimate of drug-likeness (QED) is 0.526. The monoisotopic (exact) mass is 400 g/mol. The summed E-state index contributed by atoms with van der Waals surface area (Å²) in [6, 6.07) is 15.9. The Morgan fingerprint density at radius 1 is 1.10 bits per heavy atom. The lowest BCUT2D eigenvalue weighted by Gasteiger charge is -2.32. The fraction of sp³-hybridized carbons (Fsp3) is 0.304. The highest BCUT2D eigenvalue weighted by Crippen LogP contribution is 2.28. The molecule has 0 saturated carbocycles. The van der Waals surface area contributed by atoms with Crippen LogP contribution in [0.5, 0.6) is 0 Å². The van der Waals surface area contributed by atoms with Crippen molar-refractivity contribution in [1.82, 2.24) is 29.3 Å². The number of piperidine rings is 1. The molecule has 0 N–H and O–H groups in total. The molecule has 4 heterocycles. The van der Waals surface area contributed by atoms with Crippen molar-refractivity contribution in [3.63, 3.8) is 0 Å². The first-order chi connectivity index (χ1) is 14.8. The Bertz CT molecular complexity index is 1180. The van der Waals surface area contributed by atoms with Crippen LogP contribution in [0, 0.1) is 0 Å². The van der Waals surface area contributed by atoms with Crippen molar-refractivity contribution in [3.8, 4) is 5.69 Å². The summed E-state index contributed by atoms with van der Waals surface area (Å²) < 4.78 is 3.91. The van der Waals surface area contributed by atoms with Crippen LogP contribution in [0.4, 0.5) is 0 Å².